The van der Waals surface area contributed by atoms with Gasteiger partial charge in [-0.1, -0.05) is 299 Å². The van der Waals surface area contributed by atoms with E-state index in [4.69, 9.17) is 0 Å². The van der Waals surface area contributed by atoms with Crippen LogP contribution >= 0.6 is 0 Å². The SMILES string of the molecule is C.C.C.C.C.C.C.C1=CCC=C1.CC.CC.CC.CC.CC.CCC.CCC.C[C@H]1[C@H]2C3c4ccccc4C4(c5ccccc5[C@@H](C)[C@H]4C)[C@H]3[C@H]2C[C@H]1C.c1ccccc1. The second-order valence-electron chi connectivity index (χ2n) is 13.6. The highest BCUT2D eigenvalue weighted by Crippen LogP contribution is 2.77. The Morgan fingerprint density at radius 2 is 0.817 bits per heavy atom. The van der Waals surface area contributed by atoms with Crippen molar-refractivity contribution in [2.75, 3.05) is 0 Å². The van der Waals surface area contributed by atoms with Gasteiger partial charge in [0.25, 0.3) is 0 Å². The van der Waals surface area contributed by atoms with Gasteiger partial charge in [-0.2, -0.15) is 0 Å². The van der Waals surface area contributed by atoms with Crippen LogP contribution in [0.3, 0.4) is 0 Å². The summed E-state index contributed by atoms with van der Waals surface area (Å²) in [6.45, 7) is 38.6. The van der Waals surface area contributed by atoms with Gasteiger partial charge in [0.05, 0.1) is 0 Å². The average molecular weight is 838 g/mol. The molecule has 0 heterocycles. The van der Waals surface area contributed by atoms with Gasteiger partial charge in [-0.15, -0.1) is 0 Å². The summed E-state index contributed by atoms with van der Waals surface area (Å²) in [5.41, 5.74) is 6.95. The molecule has 0 nitrogen and oxygen atoms in total. The summed E-state index contributed by atoms with van der Waals surface area (Å²) < 4.78 is 0. The maximum atomic E-state index is 2.55. The number of rotatable bonds is 0. The van der Waals surface area contributed by atoms with Crippen LogP contribution in [-0.4, -0.2) is 0 Å². The second-order valence-corrected chi connectivity index (χ2v) is 13.6. The Bertz CT molecular complexity index is 1280. The zero-order valence-electron chi connectivity index (χ0n) is 38.3. The zero-order valence-corrected chi connectivity index (χ0v) is 38.3. The molecule has 8 rings (SSSR count). The fraction of sp³-hybridized carbons (Fsp3) is 0.633. The first kappa shape index (κ1) is 77.7. The summed E-state index contributed by atoms with van der Waals surface area (Å²) in [5.74, 6) is 6.62. The molecular formula is C60H116. The fourth-order valence-corrected chi connectivity index (χ4v) is 9.11. The van der Waals surface area contributed by atoms with Crippen LogP contribution in [0.15, 0.2) is 109 Å². The molecule has 0 aromatic heterocycles. The molecule has 9 atom stereocenters. The Morgan fingerprint density at radius 1 is 0.483 bits per heavy atom. The lowest BCUT2D eigenvalue weighted by Gasteiger charge is -2.55. The van der Waals surface area contributed by atoms with Crippen LogP contribution in [0, 0.1) is 35.5 Å². The van der Waals surface area contributed by atoms with E-state index in [1.807, 2.05) is 106 Å². The molecule has 0 saturated heterocycles. The van der Waals surface area contributed by atoms with Crippen molar-refractivity contribution in [3.8, 4) is 0 Å². The summed E-state index contributed by atoms with van der Waals surface area (Å²) in [6, 6.07) is 31.0. The van der Waals surface area contributed by atoms with Crippen molar-refractivity contribution < 1.29 is 0 Å². The lowest BCUT2D eigenvalue weighted by atomic mass is 9.48. The van der Waals surface area contributed by atoms with Crippen LogP contribution in [0.1, 0.15) is 236 Å². The maximum Gasteiger partial charge on any atom is 0.0276 e. The molecule has 0 bridgehead atoms. The Labute approximate surface area is 385 Å². The molecule has 0 heteroatoms. The molecule has 3 aromatic carbocycles. The van der Waals surface area contributed by atoms with E-state index >= 15 is 0 Å². The normalized spacial score (nSPS) is 23.8. The van der Waals surface area contributed by atoms with Crippen molar-refractivity contribution in [2.24, 2.45) is 35.5 Å². The highest BCUT2D eigenvalue weighted by atomic mass is 14.7. The van der Waals surface area contributed by atoms with Crippen LogP contribution < -0.4 is 0 Å². The molecule has 0 aliphatic heterocycles. The van der Waals surface area contributed by atoms with Crippen molar-refractivity contribution in [1.82, 2.24) is 0 Å². The molecular weight excluding hydrogens is 721 g/mol. The molecule has 2 saturated carbocycles. The molecule has 3 aromatic rings. The van der Waals surface area contributed by atoms with E-state index in [9.17, 15) is 0 Å². The summed E-state index contributed by atoms with van der Waals surface area (Å²) in [5, 5.41) is 0. The highest BCUT2D eigenvalue weighted by Gasteiger charge is 2.71. The van der Waals surface area contributed by atoms with Crippen molar-refractivity contribution >= 4 is 0 Å². The average Bonchev–Trinajstić information content (AvgIpc) is 3.99. The third-order valence-electron chi connectivity index (χ3n) is 10.9. The lowest BCUT2D eigenvalue weighted by Crippen LogP contribution is -2.52. The minimum absolute atomic E-state index is 0. The number of hydrogen-bond acceptors (Lipinski definition) is 0. The van der Waals surface area contributed by atoms with Gasteiger partial charge in [-0.3, -0.25) is 0 Å². The van der Waals surface area contributed by atoms with Gasteiger partial charge < -0.3 is 0 Å². The number of hydrogen-bond donors (Lipinski definition) is 0. The summed E-state index contributed by atoms with van der Waals surface area (Å²) in [6.07, 6.45) is 13.5. The van der Waals surface area contributed by atoms with Gasteiger partial charge in [-0.25, -0.2) is 0 Å². The summed E-state index contributed by atoms with van der Waals surface area (Å²) in [4.78, 5) is 0. The van der Waals surface area contributed by atoms with Crippen LogP contribution in [0.4, 0.5) is 0 Å². The van der Waals surface area contributed by atoms with Gasteiger partial charge in [0.1, 0.15) is 0 Å². The van der Waals surface area contributed by atoms with E-state index < -0.39 is 0 Å². The monoisotopic (exact) mass is 837 g/mol. The van der Waals surface area contributed by atoms with Gasteiger partial charge in [0.15, 0.2) is 0 Å². The molecule has 2 fully saturated rings. The minimum atomic E-state index is 0. The van der Waals surface area contributed by atoms with Crippen molar-refractivity contribution in [1.29, 1.82) is 0 Å². The van der Waals surface area contributed by atoms with E-state index in [2.05, 4.69) is 128 Å². The summed E-state index contributed by atoms with van der Waals surface area (Å²) in [7, 11) is 0. The Morgan fingerprint density at radius 3 is 1.17 bits per heavy atom. The van der Waals surface area contributed by atoms with E-state index in [0.29, 0.717) is 11.8 Å². The fourth-order valence-electron chi connectivity index (χ4n) is 9.11. The molecule has 60 heavy (non-hydrogen) atoms. The van der Waals surface area contributed by atoms with Crippen LogP contribution in [0.25, 0.3) is 0 Å². The van der Waals surface area contributed by atoms with Gasteiger partial charge in [-0.05, 0) is 82.4 Å². The van der Waals surface area contributed by atoms with Crippen LogP contribution in [-0.2, 0) is 5.41 Å². The highest BCUT2D eigenvalue weighted by molar-refractivity contribution is 5.61. The first-order valence-corrected chi connectivity index (χ1v) is 22.4. The zero-order chi connectivity index (χ0) is 41.0. The Balaban J connectivity index is -0.0000000925. The van der Waals surface area contributed by atoms with Crippen molar-refractivity contribution in [3.63, 3.8) is 0 Å². The van der Waals surface area contributed by atoms with E-state index in [0.717, 1.165) is 41.9 Å². The third kappa shape index (κ3) is 18.2. The largest absolute Gasteiger partial charge is 0.0808 e. The van der Waals surface area contributed by atoms with Crippen molar-refractivity contribution in [3.05, 3.63) is 131 Å². The van der Waals surface area contributed by atoms with Crippen LogP contribution in [0.5, 0.6) is 0 Å². The molecule has 0 amide bonds. The van der Waals surface area contributed by atoms with E-state index in [1.54, 1.807) is 22.3 Å². The van der Waals surface area contributed by atoms with Gasteiger partial charge in [0, 0.05) is 5.41 Å². The van der Waals surface area contributed by atoms with E-state index in [1.165, 1.54) is 19.3 Å². The molecule has 2 unspecified atom stereocenters. The molecule has 1 spiro atoms. The predicted octanol–water partition coefficient (Wildman–Crippen LogP) is 22.0. The molecule has 0 radical (unpaired) electrons. The topological polar surface area (TPSA) is 0 Å². The van der Waals surface area contributed by atoms with E-state index in [-0.39, 0.29) is 57.4 Å². The molecule has 0 N–H and O–H groups in total. The minimum Gasteiger partial charge on any atom is -0.0808 e. The first-order valence-electron chi connectivity index (χ1n) is 22.4. The van der Waals surface area contributed by atoms with Crippen LogP contribution in [0.2, 0.25) is 0 Å². The Hall–Kier alpha value is -2.86. The predicted molar refractivity (Wildman–Crippen MR) is 293 cm³/mol. The van der Waals surface area contributed by atoms with Gasteiger partial charge >= 0.3 is 0 Å². The summed E-state index contributed by atoms with van der Waals surface area (Å²) >= 11 is 0. The maximum absolute atomic E-state index is 2.55. The molecule has 5 aliphatic rings. The quantitative estimate of drug-likeness (QED) is 0.212. The van der Waals surface area contributed by atoms with Gasteiger partial charge in [0.2, 0.25) is 0 Å². The number of fused-ring (bicyclic) bond motifs is 10. The standard InChI is InChI=1S/C26H30.C6H6.C5H6.2C3H8.5C2H6.7CH4/c1-14-13-20-23(15(14)2)24-19-10-6-8-12-22(19)26(25(20)24)17(4)16(3)18-9-5-7-11-21(18)26;1-2-4-6-5-3-1;1-2-4-5-3-1;2*1-3-2;5*1-2;;;;;;;/h5-12,14-17,20,23-25H,13H2,1-4H3;1-6H;1-4H,5H2;2*3H2,1-2H3;5*1-2H3;7*1H4/t14-,15-,16+,17-,20+,23-,24?,25+,26?;;;;;;;;;;;;;;;;/m1................/s1. The lowest BCUT2D eigenvalue weighted by molar-refractivity contribution is -0.00626. The smallest absolute Gasteiger partial charge is 0.0276 e. The molecule has 356 valence electrons. The second kappa shape index (κ2) is 45.7. The molecule has 5 aliphatic carbocycles. The Kier molecular flexibility index (Phi) is 59.1. The number of allylic oxidation sites excluding steroid dienone is 4. The number of benzene rings is 3. The first-order chi connectivity index (χ1) is 25.9. The van der Waals surface area contributed by atoms with Crippen molar-refractivity contribution in [2.45, 2.75) is 220 Å². The third-order valence-corrected chi connectivity index (χ3v) is 10.9.